The van der Waals surface area contributed by atoms with E-state index in [1.165, 1.54) is 37.7 Å². The van der Waals surface area contributed by atoms with Crippen molar-refractivity contribution in [3.63, 3.8) is 0 Å². The average Bonchev–Trinajstić information content (AvgIpc) is 3.29. The second kappa shape index (κ2) is 9.64. The minimum atomic E-state index is -4.15. The van der Waals surface area contributed by atoms with Crippen LogP contribution in [0.2, 0.25) is 0 Å². The number of ether oxygens (including phenoxy) is 2. The number of rotatable bonds is 6. The number of methoxy groups -OCH3 is 2. The van der Waals surface area contributed by atoms with Gasteiger partial charge in [0.05, 0.1) is 19.1 Å². The molecule has 0 fully saturated rings. The first kappa shape index (κ1) is 23.4. The second-order valence-electron chi connectivity index (χ2n) is 7.77. The molecule has 33 heavy (non-hydrogen) atoms. The number of aliphatic hydroxyl groups excluding tert-OH is 1. The first-order valence-electron chi connectivity index (χ1n) is 10.4. The van der Waals surface area contributed by atoms with E-state index < -0.39 is 34.1 Å². The molecule has 1 aliphatic heterocycles. The Hall–Kier alpha value is -2.72. The van der Waals surface area contributed by atoms with Gasteiger partial charge in [0.25, 0.3) is 0 Å². The fourth-order valence-corrected chi connectivity index (χ4v) is 6.84. The number of nitrogens with zero attached hydrogens (tertiary/aromatic N) is 1. The Bertz CT molecular complexity index is 1210. The van der Waals surface area contributed by atoms with Crippen LogP contribution in [0.4, 0.5) is 0 Å². The lowest BCUT2D eigenvalue weighted by Crippen LogP contribution is -2.49. The first-order valence-corrected chi connectivity index (χ1v) is 12.7. The van der Waals surface area contributed by atoms with Crippen LogP contribution in [0.5, 0.6) is 5.75 Å². The maximum Gasteiger partial charge on any atom is 0.324 e. The van der Waals surface area contributed by atoms with Gasteiger partial charge in [-0.3, -0.25) is 4.79 Å². The van der Waals surface area contributed by atoms with Crippen LogP contribution in [0, 0.1) is 0 Å². The van der Waals surface area contributed by atoms with Gasteiger partial charge >= 0.3 is 5.97 Å². The summed E-state index contributed by atoms with van der Waals surface area (Å²) >= 11 is 1.36. The minimum Gasteiger partial charge on any atom is -0.497 e. The average molecular weight is 488 g/mol. The lowest BCUT2D eigenvalue weighted by atomic mass is 9.86. The van der Waals surface area contributed by atoms with Crippen LogP contribution in [0.25, 0.3) is 0 Å². The normalized spacial score (nSPS) is 21.1. The molecule has 0 bridgehead atoms. The number of hydrogen-bond acceptors (Lipinski definition) is 7. The molecule has 0 saturated carbocycles. The maximum absolute atomic E-state index is 13.8. The number of sulfonamides is 1. The molecule has 1 aliphatic rings. The van der Waals surface area contributed by atoms with Crippen molar-refractivity contribution in [2.24, 2.45) is 0 Å². The van der Waals surface area contributed by atoms with Crippen molar-refractivity contribution in [1.82, 2.24) is 4.31 Å². The van der Waals surface area contributed by atoms with Gasteiger partial charge in [0.1, 0.15) is 17.9 Å². The number of carbonyl (C=O) groups excluding carboxylic acids is 1. The predicted molar refractivity (Wildman–Crippen MR) is 125 cm³/mol. The molecule has 7 nitrogen and oxygen atoms in total. The van der Waals surface area contributed by atoms with Crippen LogP contribution in [0.1, 0.15) is 28.0 Å². The van der Waals surface area contributed by atoms with Crippen molar-refractivity contribution in [1.29, 1.82) is 0 Å². The van der Waals surface area contributed by atoms with Crippen molar-refractivity contribution in [3.05, 3.63) is 82.0 Å². The van der Waals surface area contributed by atoms with Gasteiger partial charge in [-0.2, -0.15) is 4.31 Å². The Morgan fingerprint density at radius 1 is 1.09 bits per heavy atom. The molecule has 1 N–H and O–H groups in total. The lowest BCUT2D eigenvalue weighted by molar-refractivity contribution is -0.146. The number of fused-ring (bicyclic) bond motifs is 1. The molecule has 4 rings (SSSR count). The zero-order valence-corrected chi connectivity index (χ0v) is 19.9. The van der Waals surface area contributed by atoms with E-state index >= 15 is 0 Å². The van der Waals surface area contributed by atoms with E-state index in [1.807, 2.05) is 41.8 Å². The molecule has 9 heteroatoms. The van der Waals surface area contributed by atoms with Gasteiger partial charge < -0.3 is 14.6 Å². The number of thiophene rings is 1. The summed E-state index contributed by atoms with van der Waals surface area (Å²) in [5, 5.41) is 12.8. The summed E-state index contributed by atoms with van der Waals surface area (Å²) in [5.41, 5.74) is 1.71. The van der Waals surface area contributed by atoms with Crippen LogP contribution in [0.3, 0.4) is 0 Å². The van der Waals surface area contributed by atoms with Gasteiger partial charge in [-0.25, -0.2) is 8.42 Å². The zero-order chi connectivity index (χ0) is 23.6. The molecule has 3 atom stereocenters. The highest BCUT2D eigenvalue weighted by molar-refractivity contribution is 7.89. The molecule has 0 radical (unpaired) electrons. The van der Waals surface area contributed by atoms with E-state index in [0.29, 0.717) is 17.0 Å². The van der Waals surface area contributed by atoms with Crippen molar-refractivity contribution in [3.8, 4) is 5.75 Å². The van der Waals surface area contributed by atoms with E-state index in [4.69, 9.17) is 9.47 Å². The van der Waals surface area contributed by atoms with E-state index in [9.17, 15) is 18.3 Å². The van der Waals surface area contributed by atoms with Gasteiger partial charge in [0.15, 0.2) is 0 Å². The van der Waals surface area contributed by atoms with Gasteiger partial charge in [0.2, 0.25) is 10.0 Å². The maximum atomic E-state index is 13.8. The molecule has 2 heterocycles. The van der Waals surface area contributed by atoms with E-state index in [2.05, 4.69) is 0 Å². The number of hydrogen-bond donors (Lipinski definition) is 1. The topological polar surface area (TPSA) is 93.1 Å². The van der Waals surface area contributed by atoms with Gasteiger partial charge in [-0.1, -0.05) is 30.3 Å². The fraction of sp³-hybridized carbons (Fsp3) is 0.292. The SMILES string of the molecule is COC(=O)C1C(Cc2ccccc2)c2ccsc2C(O)CN1S(=O)(=O)c1ccc(OC)cc1. The Kier molecular flexibility index (Phi) is 6.85. The number of esters is 1. The smallest absolute Gasteiger partial charge is 0.324 e. The van der Waals surface area contributed by atoms with Crippen LogP contribution in [-0.2, 0) is 26.0 Å². The summed E-state index contributed by atoms with van der Waals surface area (Å²) < 4.78 is 38.8. The largest absolute Gasteiger partial charge is 0.497 e. The second-order valence-corrected chi connectivity index (χ2v) is 10.6. The quantitative estimate of drug-likeness (QED) is 0.536. The van der Waals surface area contributed by atoms with Crippen molar-refractivity contribution in [2.45, 2.75) is 29.4 Å². The summed E-state index contributed by atoms with van der Waals surface area (Å²) in [6.07, 6.45) is -0.660. The van der Waals surface area contributed by atoms with E-state index in [-0.39, 0.29) is 11.4 Å². The Balaban J connectivity index is 1.85. The molecular formula is C24H25NO6S2. The molecule has 0 saturated heterocycles. The zero-order valence-electron chi connectivity index (χ0n) is 18.2. The van der Waals surface area contributed by atoms with Crippen molar-refractivity contribution in [2.75, 3.05) is 20.8 Å². The van der Waals surface area contributed by atoms with Gasteiger partial charge in [-0.15, -0.1) is 11.3 Å². The molecule has 1 aromatic heterocycles. The van der Waals surface area contributed by atoms with Crippen LogP contribution >= 0.6 is 11.3 Å². The highest BCUT2D eigenvalue weighted by Gasteiger charge is 2.47. The summed E-state index contributed by atoms with van der Waals surface area (Å²) in [6.45, 7) is -0.257. The standard InChI is InChI=1S/C24H25NO6S2/c1-30-17-8-10-18(11-9-17)33(28,29)25-15-21(26)23-19(12-13-32-23)20(22(25)24(27)31-2)14-16-6-4-3-5-7-16/h3-13,20-22,26H,14-15H2,1-2H3. The number of aliphatic hydroxyl groups is 1. The van der Waals surface area contributed by atoms with Crippen LogP contribution in [0.15, 0.2) is 70.9 Å². The number of benzene rings is 2. The molecule has 174 valence electrons. The minimum absolute atomic E-state index is 0.00752. The fourth-order valence-electron chi connectivity index (χ4n) is 4.27. The van der Waals surface area contributed by atoms with Crippen LogP contribution in [-0.4, -0.2) is 50.6 Å². The molecule has 3 unspecified atom stereocenters. The lowest BCUT2D eigenvalue weighted by Gasteiger charge is -2.32. The molecular weight excluding hydrogens is 462 g/mol. The number of carbonyl (C=O) groups is 1. The van der Waals surface area contributed by atoms with E-state index in [0.717, 1.165) is 15.4 Å². The Labute approximate surface area is 197 Å². The highest BCUT2D eigenvalue weighted by atomic mass is 32.2. The highest BCUT2D eigenvalue weighted by Crippen LogP contribution is 2.42. The van der Waals surface area contributed by atoms with Gasteiger partial charge in [-0.05, 0) is 53.3 Å². The third-order valence-electron chi connectivity index (χ3n) is 5.88. The Morgan fingerprint density at radius 2 is 1.79 bits per heavy atom. The molecule has 3 aromatic rings. The molecule has 2 aromatic carbocycles. The monoisotopic (exact) mass is 487 g/mol. The van der Waals surface area contributed by atoms with E-state index in [1.54, 1.807) is 12.1 Å². The summed E-state index contributed by atoms with van der Waals surface area (Å²) in [6, 6.07) is 16.2. The van der Waals surface area contributed by atoms with Crippen molar-refractivity contribution < 1.29 is 27.8 Å². The summed E-state index contributed by atoms with van der Waals surface area (Å²) in [5.74, 6) is -0.691. The molecule has 0 aliphatic carbocycles. The third kappa shape index (κ3) is 4.54. The first-order chi connectivity index (χ1) is 15.9. The Morgan fingerprint density at radius 3 is 2.42 bits per heavy atom. The predicted octanol–water partition coefficient (Wildman–Crippen LogP) is 3.36. The van der Waals surface area contributed by atoms with Gasteiger partial charge in [0, 0.05) is 17.3 Å². The van der Waals surface area contributed by atoms with Crippen LogP contribution < -0.4 is 4.74 Å². The third-order valence-corrected chi connectivity index (χ3v) is 8.78. The summed E-state index contributed by atoms with van der Waals surface area (Å²) in [7, 11) is -1.41. The molecule has 0 spiro atoms. The number of β-amino-alcohol motifs (C(OH)–C–C–N with tert-alkyl or cyclic N) is 1. The summed E-state index contributed by atoms with van der Waals surface area (Å²) in [4.78, 5) is 13.8. The molecule has 0 amide bonds. The van der Waals surface area contributed by atoms with Crippen molar-refractivity contribution >= 4 is 27.3 Å².